The summed E-state index contributed by atoms with van der Waals surface area (Å²) in [7, 11) is 0. The van der Waals surface area contributed by atoms with Crippen molar-refractivity contribution in [3.63, 3.8) is 0 Å². The Labute approximate surface area is 183 Å². The lowest BCUT2D eigenvalue weighted by Crippen LogP contribution is -2.27. The Morgan fingerprint density at radius 3 is 2.10 bits per heavy atom. The second-order valence-electron chi connectivity index (χ2n) is 8.86. The summed E-state index contributed by atoms with van der Waals surface area (Å²) in [5, 5.41) is 5.15. The van der Waals surface area contributed by atoms with Crippen LogP contribution in [0.2, 0.25) is 0 Å². The van der Waals surface area contributed by atoms with Crippen molar-refractivity contribution in [2.45, 2.75) is 85.0 Å². The first-order valence-corrected chi connectivity index (χ1v) is 12.0. The van der Waals surface area contributed by atoms with Crippen molar-refractivity contribution in [3.8, 4) is 5.75 Å². The number of hydrogen-bond acceptors (Lipinski definition) is 2. The van der Waals surface area contributed by atoms with Gasteiger partial charge in [-0.25, -0.2) is 0 Å². The molecule has 0 fully saturated rings. The molecule has 30 heavy (non-hydrogen) atoms. The summed E-state index contributed by atoms with van der Waals surface area (Å²) >= 11 is 0. The number of carbonyl (C=O) groups is 1. The normalized spacial score (nSPS) is 11.2. The van der Waals surface area contributed by atoms with E-state index in [-0.39, 0.29) is 5.91 Å². The van der Waals surface area contributed by atoms with Gasteiger partial charge in [0.25, 0.3) is 5.91 Å². The van der Waals surface area contributed by atoms with E-state index < -0.39 is 0 Å². The fraction of sp³-hybridized carbons (Fsp3) is 0.593. The molecule has 0 aliphatic heterocycles. The van der Waals surface area contributed by atoms with Crippen LogP contribution in [-0.4, -0.2) is 19.1 Å². The molecule has 0 aliphatic rings. The maximum absolute atomic E-state index is 12.3. The third kappa shape index (κ3) is 9.19. The second-order valence-corrected chi connectivity index (χ2v) is 8.86. The maximum Gasteiger partial charge on any atom is 0.251 e. The Balaban J connectivity index is 1.67. The van der Waals surface area contributed by atoms with Gasteiger partial charge in [-0.15, -0.1) is 0 Å². The summed E-state index contributed by atoms with van der Waals surface area (Å²) in [6.45, 7) is 7.93. The third-order valence-electron chi connectivity index (χ3n) is 5.51. The minimum absolute atomic E-state index is 0.00751. The van der Waals surface area contributed by atoms with Gasteiger partial charge in [-0.1, -0.05) is 90.7 Å². The topological polar surface area (TPSA) is 38.3 Å². The van der Waals surface area contributed by atoms with Crippen molar-refractivity contribution in [1.82, 2.24) is 5.32 Å². The van der Waals surface area contributed by atoms with Gasteiger partial charge in [0.1, 0.15) is 5.75 Å². The van der Waals surface area contributed by atoms with Gasteiger partial charge in [0.15, 0.2) is 0 Å². The van der Waals surface area contributed by atoms with Gasteiger partial charge >= 0.3 is 0 Å². The summed E-state index contributed by atoms with van der Waals surface area (Å²) < 4.78 is 5.95. The molecule has 2 rings (SSSR count). The molecule has 0 heterocycles. The molecule has 0 bridgehead atoms. The number of rotatable bonds is 15. The van der Waals surface area contributed by atoms with Crippen LogP contribution >= 0.6 is 0 Å². The standard InChI is InChI=1S/C27H41NO2/c1-4-5-6-7-8-9-10-11-12-13-18-30-26-17-16-23-19-25(15-14-24(23)20-26)27(29)28-21-22(2)3/h14-17,19-20,22H,4-13,18,21H2,1-3H3,(H,28,29). The number of nitrogens with one attached hydrogen (secondary N) is 1. The molecular formula is C27H41NO2. The molecule has 0 saturated carbocycles. The number of fused-ring (bicyclic) bond motifs is 1. The minimum Gasteiger partial charge on any atom is -0.494 e. The van der Waals surface area contributed by atoms with Gasteiger partial charge in [0.2, 0.25) is 0 Å². The molecule has 2 aromatic rings. The fourth-order valence-electron chi connectivity index (χ4n) is 3.63. The smallest absolute Gasteiger partial charge is 0.251 e. The third-order valence-corrected chi connectivity index (χ3v) is 5.51. The van der Waals surface area contributed by atoms with Crippen LogP contribution in [-0.2, 0) is 0 Å². The molecule has 1 amide bonds. The highest BCUT2D eigenvalue weighted by Crippen LogP contribution is 2.22. The number of carbonyl (C=O) groups excluding carboxylic acids is 1. The Kier molecular flexibility index (Phi) is 11.4. The number of unbranched alkanes of at least 4 members (excludes halogenated alkanes) is 9. The zero-order chi connectivity index (χ0) is 21.6. The molecule has 0 radical (unpaired) electrons. The van der Waals surface area contributed by atoms with Crippen LogP contribution < -0.4 is 10.1 Å². The van der Waals surface area contributed by atoms with Gasteiger partial charge in [0, 0.05) is 12.1 Å². The Morgan fingerprint density at radius 1 is 0.833 bits per heavy atom. The van der Waals surface area contributed by atoms with Crippen molar-refractivity contribution < 1.29 is 9.53 Å². The van der Waals surface area contributed by atoms with E-state index >= 15 is 0 Å². The van der Waals surface area contributed by atoms with E-state index in [1.165, 1.54) is 57.8 Å². The fourth-order valence-corrected chi connectivity index (χ4v) is 3.63. The SMILES string of the molecule is CCCCCCCCCCCCOc1ccc2cc(C(=O)NCC(C)C)ccc2c1. The highest BCUT2D eigenvalue weighted by atomic mass is 16.5. The first-order valence-electron chi connectivity index (χ1n) is 12.0. The van der Waals surface area contributed by atoms with Crippen molar-refractivity contribution in [1.29, 1.82) is 0 Å². The maximum atomic E-state index is 12.3. The van der Waals surface area contributed by atoms with Gasteiger partial charge < -0.3 is 10.1 Å². The van der Waals surface area contributed by atoms with E-state index in [0.717, 1.165) is 29.5 Å². The van der Waals surface area contributed by atoms with Crippen LogP contribution in [0.15, 0.2) is 36.4 Å². The molecule has 0 atom stereocenters. The van der Waals surface area contributed by atoms with E-state index in [4.69, 9.17) is 4.74 Å². The minimum atomic E-state index is -0.00751. The van der Waals surface area contributed by atoms with E-state index in [2.05, 4.69) is 32.2 Å². The highest BCUT2D eigenvalue weighted by molar-refractivity contribution is 5.98. The molecule has 0 saturated heterocycles. The Bertz CT molecular complexity index is 754. The van der Waals surface area contributed by atoms with Crippen molar-refractivity contribution in [3.05, 3.63) is 42.0 Å². The second kappa shape index (κ2) is 14.1. The van der Waals surface area contributed by atoms with Gasteiger partial charge in [-0.2, -0.15) is 0 Å². The Morgan fingerprint density at radius 2 is 1.43 bits per heavy atom. The predicted molar refractivity (Wildman–Crippen MR) is 128 cm³/mol. The van der Waals surface area contributed by atoms with E-state index in [9.17, 15) is 4.79 Å². The molecule has 1 N–H and O–H groups in total. The van der Waals surface area contributed by atoms with Gasteiger partial charge in [-0.3, -0.25) is 4.79 Å². The highest BCUT2D eigenvalue weighted by Gasteiger charge is 2.07. The molecule has 0 spiro atoms. The van der Waals surface area contributed by atoms with Crippen LogP contribution in [0, 0.1) is 5.92 Å². The number of amides is 1. The van der Waals surface area contributed by atoms with Crippen LogP contribution in [0.5, 0.6) is 5.75 Å². The molecule has 3 nitrogen and oxygen atoms in total. The lowest BCUT2D eigenvalue weighted by molar-refractivity contribution is 0.0949. The molecule has 0 aliphatic carbocycles. The Hall–Kier alpha value is -2.03. The summed E-state index contributed by atoms with van der Waals surface area (Å²) in [6, 6.07) is 12.0. The molecule has 3 heteroatoms. The van der Waals surface area contributed by atoms with Crippen LogP contribution in [0.25, 0.3) is 10.8 Å². The first-order chi connectivity index (χ1) is 14.6. The van der Waals surface area contributed by atoms with Crippen LogP contribution in [0.1, 0.15) is 95.3 Å². The van der Waals surface area contributed by atoms with Gasteiger partial charge in [-0.05, 0) is 47.4 Å². The average Bonchev–Trinajstić information content (AvgIpc) is 2.75. The lowest BCUT2D eigenvalue weighted by Gasteiger charge is -2.10. The number of benzene rings is 2. The van der Waals surface area contributed by atoms with Crippen LogP contribution in [0.4, 0.5) is 0 Å². The van der Waals surface area contributed by atoms with E-state index in [1.807, 2.05) is 30.3 Å². The van der Waals surface area contributed by atoms with Gasteiger partial charge in [0.05, 0.1) is 6.61 Å². The quantitative estimate of drug-likeness (QED) is 0.308. The molecule has 0 unspecified atom stereocenters. The predicted octanol–water partition coefficient (Wildman–Crippen LogP) is 7.53. The summed E-state index contributed by atoms with van der Waals surface area (Å²) in [4.78, 5) is 12.3. The first kappa shape index (κ1) is 24.2. The lowest BCUT2D eigenvalue weighted by atomic mass is 10.1. The monoisotopic (exact) mass is 411 g/mol. The largest absolute Gasteiger partial charge is 0.494 e. The zero-order valence-electron chi connectivity index (χ0n) is 19.3. The summed E-state index contributed by atoms with van der Waals surface area (Å²) in [6.07, 6.45) is 13.3. The molecule has 2 aromatic carbocycles. The molecule has 0 aromatic heterocycles. The summed E-state index contributed by atoms with van der Waals surface area (Å²) in [5.74, 6) is 1.35. The zero-order valence-corrected chi connectivity index (χ0v) is 19.3. The van der Waals surface area contributed by atoms with E-state index in [0.29, 0.717) is 18.0 Å². The van der Waals surface area contributed by atoms with E-state index in [1.54, 1.807) is 0 Å². The summed E-state index contributed by atoms with van der Waals surface area (Å²) in [5.41, 5.74) is 0.710. The average molecular weight is 412 g/mol. The number of ether oxygens (including phenoxy) is 1. The van der Waals surface area contributed by atoms with Crippen molar-refractivity contribution >= 4 is 16.7 Å². The van der Waals surface area contributed by atoms with Crippen molar-refractivity contribution in [2.75, 3.05) is 13.2 Å². The van der Waals surface area contributed by atoms with Crippen LogP contribution in [0.3, 0.4) is 0 Å². The van der Waals surface area contributed by atoms with Crippen molar-refractivity contribution in [2.24, 2.45) is 5.92 Å². The number of hydrogen-bond donors (Lipinski definition) is 1. The molecule has 166 valence electrons. The molecular weight excluding hydrogens is 370 g/mol.